The molecule has 1 aromatic heterocycles. The Hall–Kier alpha value is -0.940. The molecule has 2 rings (SSSR count). The van der Waals surface area contributed by atoms with E-state index in [1.54, 1.807) is 0 Å². The summed E-state index contributed by atoms with van der Waals surface area (Å²) in [6, 6.07) is 0.0489. The minimum absolute atomic E-state index is 0.0283. The zero-order valence-electron chi connectivity index (χ0n) is 8.27. The normalized spacial score (nSPS) is 24.0. The van der Waals surface area contributed by atoms with Crippen LogP contribution >= 0.6 is 0 Å². The first-order chi connectivity index (χ1) is 6.75. The second-order valence-corrected chi connectivity index (χ2v) is 3.73. The number of rotatable bonds is 3. The highest BCUT2D eigenvalue weighted by atomic mass is 16.5. The molecule has 0 aromatic carbocycles. The van der Waals surface area contributed by atoms with Crippen molar-refractivity contribution in [1.29, 1.82) is 0 Å². The number of nitrogens with zero attached hydrogens (tertiary/aromatic N) is 2. The van der Waals surface area contributed by atoms with E-state index < -0.39 is 0 Å². The maximum Gasteiger partial charge on any atom is 0.228 e. The van der Waals surface area contributed by atoms with Crippen LogP contribution in [0.4, 0.5) is 0 Å². The van der Waals surface area contributed by atoms with Crippen molar-refractivity contribution in [3.05, 3.63) is 11.7 Å². The van der Waals surface area contributed by atoms with E-state index in [4.69, 9.17) is 15.0 Å². The number of hydrogen-bond acceptors (Lipinski definition) is 5. The highest BCUT2D eigenvalue weighted by Gasteiger charge is 2.23. The molecule has 2 heterocycles. The molecule has 0 saturated carbocycles. The second-order valence-electron chi connectivity index (χ2n) is 3.73. The zero-order chi connectivity index (χ0) is 9.97. The molecule has 2 N–H and O–H groups in total. The van der Waals surface area contributed by atoms with Crippen LogP contribution in [0.15, 0.2) is 4.52 Å². The van der Waals surface area contributed by atoms with Gasteiger partial charge in [-0.2, -0.15) is 4.98 Å². The van der Waals surface area contributed by atoms with Gasteiger partial charge in [-0.05, 0) is 19.8 Å². The van der Waals surface area contributed by atoms with Gasteiger partial charge in [0.1, 0.15) is 6.10 Å². The van der Waals surface area contributed by atoms with E-state index in [9.17, 15) is 0 Å². The van der Waals surface area contributed by atoms with Crippen LogP contribution in [0, 0.1) is 0 Å². The van der Waals surface area contributed by atoms with Crippen LogP contribution in [0.5, 0.6) is 0 Å². The molecular weight excluding hydrogens is 182 g/mol. The van der Waals surface area contributed by atoms with Crippen molar-refractivity contribution >= 4 is 0 Å². The average Bonchev–Trinajstić information content (AvgIpc) is 2.69. The Morgan fingerprint density at radius 1 is 1.64 bits per heavy atom. The molecule has 0 aliphatic carbocycles. The van der Waals surface area contributed by atoms with E-state index >= 15 is 0 Å². The predicted octanol–water partition coefficient (Wildman–Crippen LogP) is 0.811. The highest BCUT2D eigenvalue weighted by Crippen LogP contribution is 2.26. The summed E-state index contributed by atoms with van der Waals surface area (Å²) in [5, 5.41) is 3.88. The third kappa shape index (κ3) is 2.10. The molecule has 2 unspecified atom stereocenters. The van der Waals surface area contributed by atoms with Gasteiger partial charge in [0, 0.05) is 19.1 Å². The largest absolute Gasteiger partial charge is 0.370 e. The second kappa shape index (κ2) is 4.06. The van der Waals surface area contributed by atoms with Gasteiger partial charge in [0.15, 0.2) is 0 Å². The lowest BCUT2D eigenvalue weighted by Crippen LogP contribution is -2.17. The minimum Gasteiger partial charge on any atom is -0.370 e. The SMILES string of the molecule is CC(N)Cc1nc(C2CCCO2)no1. The molecule has 1 aromatic rings. The first kappa shape index (κ1) is 9.61. The standard InChI is InChI=1S/C9H15N3O2/c1-6(10)5-8-11-9(12-14-8)7-3-2-4-13-7/h6-7H,2-5,10H2,1H3. The fourth-order valence-corrected chi connectivity index (χ4v) is 1.54. The molecule has 2 atom stereocenters. The third-order valence-corrected chi connectivity index (χ3v) is 2.20. The summed E-state index contributed by atoms with van der Waals surface area (Å²) < 4.78 is 10.5. The Bertz CT molecular complexity index is 292. The molecule has 1 saturated heterocycles. The van der Waals surface area contributed by atoms with Crippen LogP contribution in [0.1, 0.15) is 37.6 Å². The van der Waals surface area contributed by atoms with Crippen molar-refractivity contribution in [2.75, 3.05) is 6.61 Å². The van der Waals surface area contributed by atoms with Crippen LogP contribution in [0.25, 0.3) is 0 Å². The van der Waals surface area contributed by atoms with Crippen molar-refractivity contribution in [3.63, 3.8) is 0 Å². The van der Waals surface area contributed by atoms with E-state index in [1.165, 1.54) is 0 Å². The number of hydrogen-bond donors (Lipinski definition) is 1. The third-order valence-electron chi connectivity index (χ3n) is 2.20. The van der Waals surface area contributed by atoms with Crippen LogP contribution < -0.4 is 5.73 Å². The molecule has 5 heteroatoms. The van der Waals surface area contributed by atoms with Gasteiger partial charge in [0.2, 0.25) is 11.7 Å². The molecule has 0 radical (unpaired) electrons. The summed E-state index contributed by atoms with van der Waals surface area (Å²) in [6.45, 7) is 2.71. The van der Waals surface area contributed by atoms with Crippen LogP contribution in [-0.4, -0.2) is 22.8 Å². The summed E-state index contributed by atoms with van der Waals surface area (Å²) >= 11 is 0. The average molecular weight is 197 g/mol. The van der Waals surface area contributed by atoms with Crippen molar-refractivity contribution < 1.29 is 9.26 Å². The van der Waals surface area contributed by atoms with Gasteiger partial charge in [-0.3, -0.25) is 0 Å². The van der Waals surface area contributed by atoms with Crippen LogP contribution in [0.2, 0.25) is 0 Å². The van der Waals surface area contributed by atoms with E-state index in [1.807, 2.05) is 6.92 Å². The summed E-state index contributed by atoms with van der Waals surface area (Å²) in [4.78, 5) is 4.25. The van der Waals surface area contributed by atoms with Gasteiger partial charge in [-0.25, -0.2) is 0 Å². The van der Waals surface area contributed by atoms with Gasteiger partial charge in [-0.1, -0.05) is 5.16 Å². The predicted molar refractivity (Wildman–Crippen MR) is 49.6 cm³/mol. The van der Waals surface area contributed by atoms with Crippen molar-refractivity contribution in [1.82, 2.24) is 10.1 Å². The van der Waals surface area contributed by atoms with E-state index in [0.717, 1.165) is 19.4 Å². The van der Waals surface area contributed by atoms with Gasteiger partial charge in [0.05, 0.1) is 0 Å². The van der Waals surface area contributed by atoms with Crippen LogP contribution in [-0.2, 0) is 11.2 Å². The summed E-state index contributed by atoms with van der Waals surface area (Å²) in [6.07, 6.45) is 2.71. The van der Waals surface area contributed by atoms with Crippen LogP contribution in [0.3, 0.4) is 0 Å². The molecule has 0 spiro atoms. The monoisotopic (exact) mass is 197 g/mol. The van der Waals surface area contributed by atoms with Gasteiger partial charge in [-0.15, -0.1) is 0 Å². The summed E-state index contributed by atoms with van der Waals surface area (Å²) in [5.41, 5.74) is 5.63. The Labute approximate surface area is 82.6 Å². The number of aromatic nitrogens is 2. The molecule has 78 valence electrons. The van der Waals surface area contributed by atoms with E-state index in [-0.39, 0.29) is 12.1 Å². The molecule has 5 nitrogen and oxygen atoms in total. The Balaban J connectivity index is 2.01. The lowest BCUT2D eigenvalue weighted by Gasteiger charge is -2.01. The maximum atomic E-state index is 5.63. The first-order valence-electron chi connectivity index (χ1n) is 4.95. The quantitative estimate of drug-likeness (QED) is 0.776. The first-order valence-corrected chi connectivity index (χ1v) is 4.95. The Kier molecular flexibility index (Phi) is 2.79. The molecule has 0 bridgehead atoms. The van der Waals surface area contributed by atoms with E-state index in [2.05, 4.69) is 10.1 Å². The molecular formula is C9H15N3O2. The van der Waals surface area contributed by atoms with Crippen molar-refractivity contribution in [3.8, 4) is 0 Å². The Morgan fingerprint density at radius 2 is 2.50 bits per heavy atom. The lowest BCUT2D eigenvalue weighted by atomic mass is 10.2. The van der Waals surface area contributed by atoms with E-state index in [0.29, 0.717) is 18.1 Å². The fourth-order valence-electron chi connectivity index (χ4n) is 1.54. The number of nitrogens with two attached hydrogens (primary N) is 1. The smallest absolute Gasteiger partial charge is 0.228 e. The lowest BCUT2D eigenvalue weighted by molar-refractivity contribution is 0.103. The summed E-state index contributed by atoms with van der Waals surface area (Å²) in [5.74, 6) is 1.27. The minimum atomic E-state index is 0.0283. The summed E-state index contributed by atoms with van der Waals surface area (Å²) in [7, 11) is 0. The molecule has 0 amide bonds. The molecule has 1 fully saturated rings. The Morgan fingerprint density at radius 3 is 3.14 bits per heavy atom. The zero-order valence-corrected chi connectivity index (χ0v) is 8.27. The van der Waals surface area contributed by atoms with Crippen molar-refractivity contribution in [2.24, 2.45) is 5.73 Å². The highest BCUT2D eigenvalue weighted by molar-refractivity contribution is 4.94. The van der Waals surface area contributed by atoms with Gasteiger partial charge < -0.3 is 15.0 Å². The van der Waals surface area contributed by atoms with Gasteiger partial charge >= 0.3 is 0 Å². The molecule has 1 aliphatic heterocycles. The molecule has 14 heavy (non-hydrogen) atoms. The molecule has 1 aliphatic rings. The number of ether oxygens (including phenoxy) is 1. The maximum absolute atomic E-state index is 5.63. The topological polar surface area (TPSA) is 74.2 Å². The van der Waals surface area contributed by atoms with Crippen molar-refractivity contribution in [2.45, 2.75) is 38.3 Å². The fraction of sp³-hybridized carbons (Fsp3) is 0.778. The van der Waals surface area contributed by atoms with Gasteiger partial charge in [0.25, 0.3) is 0 Å².